The van der Waals surface area contributed by atoms with E-state index in [9.17, 15) is 14.7 Å². The molecule has 2 aromatic carbocycles. The van der Waals surface area contributed by atoms with Crippen LogP contribution in [0.3, 0.4) is 0 Å². The average Bonchev–Trinajstić information content (AvgIpc) is 3.29. The number of carbonyl (C=O) groups is 2. The molecule has 1 saturated heterocycles. The van der Waals surface area contributed by atoms with E-state index < -0.39 is 17.7 Å². The van der Waals surface area contributed by atoms with Gasteiger partial charge in [-0.2, -0.15) is 9.78 Å². The van der Waals surface area contributed by atoms with Crippen LogP contribution in [0.25, 0.3) is 0 Å². The number of amides is 2. The van der Waals surface area contributed by atoms with Crippen LogP contribution in [0, 0.1) is 18.8 Å². The molecule has 2 aliphatic heterocycles. The molecule has 0 radical (unpaired) electrons. The smallest absolute Gasteiger partial charge is 0.342 e. The average molecular weight is 485 g/mol. The van der Waals surface area contributed by atoms with Crippen molar-refractivity contribution >= 4 is 17.6 Å². The number of benzene rings is 2. The normalized spacial score (nSPS) is 18.4. The van der Waals surface area contributed by atoms with E-state index in [0.717, 1.165) is 22.4 Å². The predicted octanol–water partition coefficient (Wildman–Crippen LogP) is 2.43. The van der Waals surface area contributed by atoms with Gasteiger partial charge < -0.3 is 20.1 Å². The number of rotatable bonds is 3. The van der Waals surface area contributed by atoms with E-state index in [4.69, 9.17) is 4.74 Å². The zero-order valence-corrected chi connectivity index (χ0v) is 20.3. The van der Waals surface area contributed by atoms with Crippen molar-refractivity contribution in [1.29, 1.82) is 0 Å². The topological polar surface area (TPSA) is 96.7 Å². The van der Waals surface area contributed by atoms with Crippen LogP contribution in [0.1, 0.15) is 34.2 Å². The van der Waals surface area contributed by atoms with Gasteiger partial charge in [-0.15, -0.1) is 0 Å². The summed E-state index contributed by atoms with van der Waals surface area (Å²) in [6.45, 7) is 2.45. The first-order valence-electron chi connectivity index (χ1n) is 11.9. The number of aryl methyl sites for hydroxylation is 2. The summed E-state index contributed by atoms with van der Waals surface area (Å²) < 4.78 is 6.27. The van der Waals surface area contributed by atoms with Gasteiger partial charge in [0.25, 0.3) is 0 Å². The van der Waals surface area contributed by atoms with E-state index >= 15 is 0 Å². The van der Waals surface area contributed by atoms with Gasteiger partial charge in [0.1, 0.15) is 6.04 Å². The third-order valence-corrected chi connectivity index (χ3v) is 6.57. The van der Waals surface area contributed by atoms with Crippen LogP contribution in [-0.2, 0) is 22.4 Å². The second-order valence-electron chi connectivity index (χ2n) is 9.51. The summed E-state index contributed by atoms with van der Waals surface area (Å²) in [6, 6.07) is 12.8. The number of aliphatic hydroxyl groups is 1. The molecule has 2 aliphatic rings. The van der Waals surface area contributed by atoms with Gasteiger partial charge in [0.05, 0.1) is 19.4 Å². The third-order valence-electron chi connectivity index (χ3n) is 6.57. The highest BCUT2D eigenvalue weighted by atomic mass is 16.5. The number of aromatic nitrogens is 2. The molecule has 2 N–H and O–H groups in total. The lowest BCUT2D eigenvalue weighted by Gasteiger charge is -2.30. The summed E-state index contributed by atoms with van der Waals surface area (Å²) in [7, 11) is 1.70. The molecule has 3 aromatic rings. The molecule has 0 spiro atoms. The fourth-order valence-electron chi connectivity index (χ4n) is 4.35. The minimum absolute atomic E-state index is 0.203. The number of ether oxygens (including phenoxy) is 1. The first-order valence-corrected chi connectivity index (χ1v) is 11.9. The van der Waals surface area contributed by atoms with Gasteiger partial charge in [-0.05, 0) is 48.6 Å². The molecule has 184 valence electrons. The molecule has 5 rings (SSSR count). The number of likely N-dealkylation sites (N-methyl/N-ethyl adjacent to an activating group) is 1. The summed E-state index contributed by atoms with van der Waals surface area (Å²) in [5, 5.41) is 17.2. The Labute approximate surface area is 209 Å². The quantitative estimate of drug-likeness (QED) is 0.557. The van der Waals surface area contributed by atoms with Crippen molar-refractivity contribution in [1.82, 2.24) is 15.1 Å². The van der Waals surface area contributed by atoms with Crippen molar-refractivity contribution in [2.75, 3.05) is 25.2 Å². The van der Waals surface area contributed by atoms with Gasteiger partial charge in [0.15, 0.2) is 5.60 Å². The SMILES string of the molecule is Cc1ccc(Cc2cnn(C(=O)N[C@@H]3CCc4ccc(C#CC5(O)COC5)cc4N(C)C3=O)c2)cc1. The number of carbonyl (C=O) groups excluding carboxylic acids is 2. The monoisotopic (exact) mass is 484 g/mol. The molecular weight excluding hydrogens is 456 g/mol. The molecule has 8 heteroatoms. The first kappa shape index (κ1) is 23.8. The summed E-state index contributed by atoms with van der Waals surface area (Å²) in [6.07, 6.45) is 5.14. The summed E-state index contributed by atoms with van der Waals surface area (Å²) in [4.78, 5) is 27.7. The highest BCUT2D eigenvalue weighted by Crippen LogP contribution is 2.27. The van der Waals surface area contributed by atoms with Crippen molar-refractivity contribution in [2.24, 2.45) is 0 Å². The van der Waals surface area contributed by atoms with Gasteiger partial charge in [-0.25, -0.2) is 4.79 Å². The van der Waals surface area contributed by atoms with E-state index in [1.165, 1.54) is 10.2 Å². The Hall–Kier alpha value is -3.93. The molecule has 1 atom stereocenters. The van der Waals surface area contributed by atoms with Gasteiger partial charge in [-0.1, -0.05) is 47.7 Å². The van der Waals surface area contributed by atoms with Gasteiger partial charge >= 0.3 is 6.03 Å². The number of hydrogen-bond donors (Lipinski definition) is 2. The lowest BCUT2D eigenvalue weighted by molar-refractivity contribution is -0.140. The Morgan fingerprint density at radius 3 is 2.72 bits per heavy atom. The van der Waals surface area contributed by atoms with E-state index in [1.54, 1.807) is 24.3 Å². The molecule has 0 bridgehead atoms. The van der Waals surface area contributed by atoms with Crippen molar-refractivity contribution in [3.8, 4) is 11.8 Å². The maximum absolute atomic E-state index is 13.2. The number of anilines is 1. The molecule has 2 amide bonds. The standard InChI is InChI=1S/C28H28N4O4/c1-19-3-5-20(6-4-19)13-22-15-29-32(16-22)27(34)30-24-10-9-23-8-7-21(11-12-28(35)17-36-18-28)14-25(23)31(2)26(24)33/h3-8,14-16,24,35H,9-10,13,17-18H2,1-2H3,(H,30,34)/t24-/m1/s1. The van der Waals surface area contributed by atoms with Crippen LogP contribution < -0.4 is 10.2 Å². The van der Waals surface area contributed by atoms with Crippen LogP contribution in [0.15, 0.2) is 54.9 Å². The van der Waals surface area contributed by atoms with Crippen molar-refractivity contribution in [2.45, 2.75) is 37.8 Å². The van der Waals surface area contributed by atoms with Crippen molar-refractivity contribution in [3.05, 3.63) is 82.7 Å². The Morgan fingerprint density at radius 2 is 2.00 bits per heavy atom. The summed E-state index contributed by atoms with van der Waals surface area (Å²) in [5.41, 5.74) is 4.60. The molecule has 0 unspecified atom stereocenters. The molecule has 36 heavy (non-hydrogen) atoms. The number of nitrogens with one attached hydrogen (secondary N) is 1. The fraction of sp³-hybridized carbons (Fsp3) is 0.321. The Morgan fingerprint density at radius 1 is 1.22 bits per heavy atom. The first-order chi connectivity index (χ1) is 17.3. The number of fused-ring (bicyclic) bond motifs is 1. The highest BCUT2D eigenvalue weighted by molar-refractivity contribution is 6.00. The molecule has 1 aromatic heterocycles. The maximum Gasteiger partial charge on any atom is 0.342 e. The predicted molar refractivity (Wildman–Crippen MR) is 135 cm³/mol. The molecule has 3 heterocycles. The Kier molecular flexibility index (Phi) is 6.35. The lowest BCUT2D eigenvalue weighted by Crippen LogP contribution is -2.48. The molecule has 1 fully saturated rings. The van der Waals surface area contributed by atoms with E-state index in [1.807, 2.05) is 25.1 Å². The minimum atomic E-state index is -1.10. The number of nitrogens with zero attached hydrogens (tertiary/aromatic N) is 3. The maximum atomic E-state index is 13.2. The van der Waals surface area contributed by atoms with Gasteiger partial charge in [0.2, 0.25) is 5.91 Å². The fourth-order valence-corrected chi connectivity index (χ4v) is 4.35. The zero-order chi connectivity index (χ0) is 25.3. The van der Waals surface area contributed by atoms with Crippen LogP contribution >= 0.6 is 0 Å². The van der Waals surface area contributed by atoms with Gasteiger partial charge in [0, 0.05) is 30.9 Å². The third kappa shape index (κ3) is 5.03. The Bertz CT molecular complexity index is 1360. The highest BCUT2D eigenvalue weighted by Gasteiger charge is 2.34. The van der Waals surface area contributed by atoms with E-state index in [0.29, 0.717) is 24.8 Å². The molecule has 8 nitrogen and oxygen atoms in total. The van der Waals surface area contributed by atoms with Gasteiger partial charge in [-0.3, -0.25) is 4.79 Å². The molecule has 0 saturated carbocycles. The molecule has 0 aliphatic carbocycles. The van der Waals surface area contributed by atoms with Crippen LogP contribution in [-0.4, -0.2) is 58.7 Å². The number of hydrogen-bond acceptors (Lipinski definition) is 5. The molecular formula is C28H28N4O4. The van der Waals surface area contributed by atoms with Crippen LogP contribution in [0.4, 0.5) is 10.5 Å². The minimum Gasteiger partial charge on any atom is -0.373 e. The summed E-state index contributed by atoms with van der Waals surface area (Å²) in [5.74, 6) is 5.62. The zero-order valence-electron chi connectivity index (χ0n) is 20.3. The van der Waals surface area contributed by atoms with Crippen LogP contribution in [0.5, 0.6) is 0 Å². The summed E-state index contributed by atoms with van der Waals surface area (Å²) >= 11 is 0. The van der Waals surface area contributed by atoms with Crippen molar-refractivity contribution < 1.29 is 19.4 Å². The second-order valence-corrected chi connectivity index (χ2v) is 9.51. The van der Waals surface area contributed by atoms with Crippen molar-refractivity contribution in [3.63, 3.8) is 0 Å². The van der Waals surface area contributed by atoms with E-state index in [2.05, 4.69) is 46.5 Å². The lowest BCUT2D eigenvalue weighted by atomic mass is 10.0. The second kappa shape index (κ2) is 9.61. The Balaban J connectivity index is 1.26. The largest absolute Gasteiger partial charge is 0.373 e. The van der Waals surface area contributed by atoms with Crippen LogP contribution in [0.2, 0.25) is 0 Å². The van der Waals surface area contributed by atoms with E-state index in [-0.39, 0.29) is 19.1 Å².